The van der Waals surface area contributed by atoms with Crippen molar-refractivity contribution in [1.82, 2.24) is 9.97 Å². The van der Waals surface area contributed by atoms with Crippen LogP contribution in [0.4, 0.5) is 11.8 Å². The maximum Gasteiger partial charge on any atom is 0.224 e. The van der Waals surface area contributed by atoms with Crippen molar-refractivity contribution in [3.63, 3.8) is 0 Å². The molecular weight excluding hydrogens is 196 g/mol. The van der Waals surface area contributed by atoms with Crippen LogP contribution in [-0.4, -0.2) is 27.5 Å². The van der Waals surface area contributed by atoms with Crippen molar-refractivity contribution in [3.05, 3.63) is 12.3 Å². The topological polar surface area (TPSA) is 63.8 Å². The van der Waals surface area contributed by atoms with Crippen LogP contribution >= 0.6 is 11.8 Å². The number of anilines is 2. The molecule has 1 aromatic heterocycles. The Hall–Kier alpha value is -0.970. The number of hydrogen-bond donors (Lipinski definition) is 2. The summed E-state index contributed by atoms with van der Waals surface area (Å²) in [7, 11) is 0. The molecule has 3 N–H and O–H groups in total. The molecule has 0 aliphatic heterocycles. The summed E-state index contributed by atoms with van der Waals surface area (Å²) < 4.78 is 0.175. The first-order valence-electron chi connectivity index (χ1n) is 4.41. The summed E-state index contributed by atoms with van der Waals surface area (Å²) in [5.41, 5.74) is 5.53. The number of nitrogens with one attached hydrogen (secondary N) is 1. The molecule has 0 saturated heterocycles. The van der Waals surface area contributed by atoms with Crippen LogP contribution in [0.5, 0.6) is 0 Å². The van der Waals surface area contributed by atoms with E-state index in [2.05, 4.69) is 35.4 Å². The van der Waals surface area contributed by atoms with Gasteiger partial charge >= 0.3 is 0 Å². The molecule has 0 unspecified atom stereocenters. The molecule has 0 aromatic carbocycles. The molecular formula is C9H16N4S. The van der Waals surface area contributed by atoms with Crippen LogP contribution < -0.4 is 11.1 Å². The Morgan fingerprint density at radius 3 is 2.86 bits per heavy atom. The molecule has 78 valence electrons. The Balaban J connectivity index is 2.54. The van der Waals surface area contributed by atoms with E-state index in [4.69, 9.17) is 5.73 Å². The van der Waals surface area contributed by atoms with Gasteiger partial charge in [0.15, 0.2) is 0 Å². The van der Waals surface area contributed by atoms with Crippen LogP contribution in [0, 0.1) is 0 Å². The molecule has 0 bridgehead atoms. The van der Waals surface area contributed by atoms with Gasteiger partial charge in [0.1, 0.15) is 5.82 Å². The highest BCUT2D eigenvalue weighted by Gasteiger charge is 2.15. The second-order valence-corrected chi connectivity index (χ2v) is 5.14. The van der Waals surface area contributed by atoms with E-state index in [9.17, 15) is 0 Å². The highest BCUT2D eigenvalue weighted by atomic mass is 32.2. The Bertz CT molecular complexity index is 301. The highest BCUT2D eigenvalue weighted by molar-refractivity contribution is 7.99. The summed E-state index contributed by atoms with van der Waals surface area (Å²) in [6.07, 6.45) is 3.73. The average molecular weight is 212 g/mol. The van der Waals surface area contributed by atoms with Crippen LogP contribution in [0.2, 0.25) is 0 Å². The summed E-state index contributed by atoms with van der Waals surface area (Å²) in [5.74, 6) is 1.08. The van der Waals surface area contributed by atoms with Crippen LogP contribution in [0.3, 0.4) is 0 Å². The molecule has 0 radical (unpaired) electrons. The lowest BCUT2D eigenvalue weighted by atomic mass is 10.2. The quantitative estimate of drug-likeness (QED) is 0.794. The van der Waals surface area contributed by atoms with Crippen molar-refractivity contribution in [2.45, 2.75) is 18.6 Å². The summed E-state index contributed by atoms with van der Waals surface area (Å²) in [6, 6.07) is 1.67. The van der Waals surface area contributed by atoms with Gasteiger partial charge in [-0.3, -0.25) is 0 Å². The summed E-state index contributed by atoms with van der Waals surface area (Å²) >= 11 is 1.80. The van der Waals surface area contributed by atoms with E-state index < -0.39 is 0 Å². The molecule has 14 heavy (non-hydrogen) atoms. The van der Waals surface area contributed by atoms with Gasteiger partial charge in [0.25, 0.3) is 0 Å². The van der Waals surface area contributed by atoms with Gasteiger partial charge in [-0.15, -0.1) is 0 Å². The van der Waals surface area contributed by atoms with Gasteiger partial charge in [0.05, 0.1) is 0 Å². The first-order valence-corrected chi connectivity index (χ1v) is 5.63. The number of thioether (sulfide) groups is 1. The molecule has 4 nitrogen and oxygen atoms in total. The summed E-state index contributed by atoms with van der Waals surface area (Å²) in [6.45, 7) is 5.14. The molecule has 1 rings (SSSR count). The van der Waals surface area contributed by atoms with Crippen molar-refractivity contribution in [2.24, 2.45) is 0 Å². The smallest absolute Gasteiger partial charge is 0.224 e. The molecule has 0 fully saturated rings. The SMILES string of the molecule is CSC(C)(C)CNc1nccc(N)n1. The fourth-order valence-electron chi connectivity index (χ4n) is 0.822. The van der Waals surface area contributed by atoms with E-state index in [1.807, 2.05) is 0 Å². The third-order valence-corrected chi connectivity index (χ3v) is 3.15. The lowest BCUT2D eigenvalue weighted by Gasteiger charge is -2.22. The van der Waals surface area contributed by atoms with Crippen molar-refractivity contribution in [3.8, 4) is 0 Å². The second-order valence-electron chi connectivity index (χ2n) is 3.62. The minimum atomic E-state index is 0.175. The molecule has 1 heterocycles. The number of hydrogen-bond acceptors (Lipinski definition) is 5. The fourth-order valence-corrected chi connectivity index (χ4v) is 1.04. The zero-order valence-corrected chi connectivity index (χ0v) is 9.56. The van der Waals surface area contributed by atoms with Gasteiger partial charge in [0, 0.05) is 17.5 Å². The van der Waals surface area contributed by atoms with Crippen LogP contribution in [0.15, 0.2) is 12.3 Å². The average Bonchev–Trinajstić information content (AvgIpc) is 2.15. The Morgan fingerprint density at radius 1 is 1.57 bits per heavy atom. The maximum atomic E-state index is 5.53. The fraction of sp³-hybridized carbons (Fsp3) is 0.556. The largest absolute Gasteiger partial charge is 0.384 e. The first kappa shape index (κ1) is 11.1. The minimum Gasteiger partial charge on any atom is -0.384 e. The maximum absolute atomic E-state index is 5.53. The third-order valence-electron chi connectivity index (χ3n) is 1.90. The van der Waals surface area contributed by atoms with E-state index in [0.29, 0.717) is 11.8 Å². The Morgan fingerprint density at radius 2 is 2.29 bits per heavy atom. The van der Waals surface area contributed by atoms with Gasteiger partial charge in [-0.05, 0) is 26.2 Å². The van der Waals surface area contributed by atoms with Crippen molar-refractivity contribution < 1.29 is 0 Å². The lowest BCUT2D eigenvalue weighted by molar-refractivity contribution is 0.747. The van der Waals surface area contributed by atoms with E-state index in [1.54, 1.807) is 24.0 Å². The molecule has 1 aromatic rings. The van der Waals surface area contributed by atoms with Gasteiger partial charge in [-0.1, -0.05) is 0 Å². The van der Waals surface area contributed by atoms with E-state index in [-0.39, 0.29) is 4.75 Å². The van der Waals surface area contributed by atoms with Crippen molar-refractivity contribution in [1.29, 1.82) is 0 Å². The van der Waals surface area contributed by atoms with Gasteiger partial charge in [0.2, 0.25) is 5.95 Å². The van der Waals surface area contributed by atoms with Crippen LogP contribution in [-0.2, 0) is 0 Å². The molecule has 0 saturated carbocycles. The van der Waals surface area contributed by atoms with Gasteiger partial charge in [-0.25, -0.2) is 4.98 Å². The molecule has 0 aliphatic carbocycles. The zero-order valence-electron chi connectivity index (χ0n) is 8.74. The highest BCUT2D eigenvalue weighted by Crippen LogP contribution is 2.20. The van der Waals surface area contributed by atoms with Gasteiger partial charge in [-0.2, -0.15) is 16.7 Å². The number of aromatic nitrogens is 2. The predicted molar refractivity (Wildman–Crippen MR) is 62.5 cm³/mol. The normalized spacial score (nSPS) is 11.4. The summed E-state index contributed by atoms with van der Waals surface area (Å²) in [5, 5.41) is 3.15. The monoisotopic (exact) mass is 212 g/mol. The van der Waals surface area contributed by atoms with Gasteiger partial charge < -0.3 is 11.1 Å². The van der Waals surface area contributed by atoms with E-state index in [1.165, 1.54) is 0 Å². The first-order chi connectivity index (χ1) is 6.53. The van der Waals surface area contributed by atoms with E-state index >= 15 is 0 Å². The molecule has 0 amide bonds. The van der Waals surface area contributed by atoms with Crippen LogP contribution in [0.25, 0.3) is 0 Å². The number of rotatable bonds is 4. The lowest BCUT2D eigenvalue weighted by Crippen LogP contribution is -2.26. The standard InChI is InChI=1S/C9H16N4S/c1-9(2,14-3)6-12-8-11-5-4-7(10)13-8/h4-5H,6H2,1-3H3,(H3,10,11,12,13). The predicted octanol–water partition coefficient (Wildman–Crippen LogP) is 1.61. The van der Waals surface area contributed by atoms with Crippen molar-refractivity contribution >= 4 is 23.5 Å². The molecule has 0 atom stereocenters. The third kappa shape index (κ3) is 3.41. The molecule has 5 heteroatoms. The number of nitrogen functional groups attached to an aromatic ring is 1. The Kier molecular flexibility index (Phi) is 3.57. The zero-order chi connectivity index (χ0) is 10.6. The number of nitrogens with zero attached hydrogens (tertiary/aromatic N) is 2. The van der Waals surface area contributed by atoms with Crippen molar-refractivity contribution in [2.75, 3.05) is 23.9 Å². The number of nitrogens with two attached hydrogens (primary N) is 1. The second kappa shape index (κ2) is 4.50. The molecule has 0 spiro atoms. The minimum absolute atomic E-state index is 0.175. The Labute approximate surface area is 88.7 Å². The van der Waals surface area contributed by atoms with Crippen LogP contribution in [0.1, 0.15) is 13.8 Å². The summed E-state index contributed by atoms with van der Waals surface area (Å²) in [4.78, 5) is 8.12. The van der Waals surface area contributed by atoms with E-state index in [0.717, 1.165) is 6.54 Å². The molecule has 0 aliphatic rings.